The van der Waals surface area contributed by atoms with Gasteiger partial charge in [0.05, 0.1) is 23.1 Å². The van der Waals surface area contributed by atoms with E-state index in [1.54, 1.807) is 0 Å². The highest BCUT2D eigenvalue weighted by Crippen LogP contribution is 2.25. The Morgan fingerprint density at radius 2 is 2.00 bits per heavy atom. The van der Waals surface area contributed by atoms with Gasteiger partial charge in [0.15, 0.2) is 5.82 Å². The average molecular weight is 266 g/mol. The number of hydrogen-bond acceptors (Lipinski definition) is 3. The van der Waals surface area contributed by atoms with Gasteiger partial charge in [0.1, 0.15) is 0 Å². The number of benzene rings is 1. The summed E-state index contributed by atoms with van der Waals surface area (Å²) in [6.45, 7) is -0.418. The Morgan fingerprint density at radius 3 is 2.44 bits per heavy atom. The second-order valence-corrected chi connectivity index (χ2v) is 3.68. The van der Waals surface area contributed by atoms with Gasteiger partial charge in [-0.15, -0.1) is 0 Å². The molecule has 0 atom stereocenters. The number of nitro groups is 1. The fraction of sp³-hybridized carbons (Fsp3) is 0.400. The summed E-state index contributed by atoms with van der Waals surface area (Å²) in [6.07, 6.45) is -5.41. The van der Waals surface area contributed by atoms with E-state index in [0.29, 0.717) is 6.07 Å². The summed E-state index contributed by atoms with van der Waals surface area (Å²) in [6, 6.07) is 2.81. The number of hydrogen-bond donors (Lipinski definition) is 0. The summed E-state index contributed by atoms with van der Waals surface area (Å²) in [5.41, 5.74) is -0.551. The third-order valence-corrected chi connectivity index (χ3v) is 2.28. The van der Waals surface area contributed by atoms with E-state index in [2.05, 4.69) is 0 Å². The maximum absolute atomic E-state index is 13.5. The number of alkyl halides is 3. The summed E-state index contributed by atoms with van der Waals surface area (Å²) in [4.78, 5) is 10.7. The molecule has 100 valence electrons. The van der Waals surface area contributed by atoms with Crippen LogP contribution in [0.3, 0.4) is 0 Å². The third-order valence-electron chi connectivity index (χ3n) is 2.28. The van der Waals surface area contributed by atoms with Gasteiger partial charge in [-0.2, -0.15) is 13.2 Å². The monoisotopic (exact) mass is 266 g/mol. The zero-order valence-electron chi connectivity index (χ0n) is 9.37. The number of nitro benzene ring substituents is 1. The van der Waals surface area contributed by atoms with Gasteiger partial charge in [0, 0.05) is 19.7 Å². The average Bonchev–Trinajstić information content (AvgIpc) is 2.24. The molecule has 4 nitrogen and oxygen atoms in total. The normalized spacial score (nSPS) is 11.4. The molecule has 0 aromatic heterocycles. The first-order chi connectivity index (χ1) is 8.20. The van der Waals surface area contributed by atoms with E-state index in [4.69, 9.17) is 0 Å². The standard InChI is InChI=1S/C10H10F4N2O2/c1-15(5-4-10(12,13)14)9-3-2-7(16(17)18)6-8(9)11/h2-3,6H,4-5H2,1H3. The first kappa shape index (κ1) is 14.2. The van der Waals surface area contributed by atoms with Crippen LogP contribution < -0.4 is 4.90 Å². The Labute approximate surface area is 100.0 Å². The van der Waals surface area contributed by atoms with E-state index in [-0.39, 0.29) is 5.69 Å². The van der Waals surface area contributed by atoms with Crippen molar-refractivity contribution < 1.29 is 22.5 Å². The van der Waals surface area contributed by atoms with Crippen molar-refractivity contribution in [3.63, 3.8) is 0 Å². The van der Waals surface area contributed by atoms with Crippen LogP contribution in [-0.2, 0) is 0 Å². The summed E-state index contributed by atoms with van der Waals surface area (Å²) in [7, 11) is 1.29. The Kier molecular flexibility index (Phi) is 4.10. The van der Waals surface area contributed by atoms with Gasteiger partial charge < -0.3 is 4.90 Å². The van der Waals surface area contributed by atoms with Crippen molar-refractivity contribution in [2.75, 3.05) is 18.5 Å². The zero-order chi connectivity index (χ0) is 13.9. The molecule has 1 aromatic carbocycles. The SMILES string of the molecule is CN(CCC(F)(F)F)c1ccc([N+](=O)[O-])cc1F. The molecule has 1 rings (SSSR count). The van der Waals surface area contributed by atoms with E-state index >= 15 is 0 Å². The van der Waals surface area contributed by atoms with Gasteiger partial charge in [-0.3, -0.25) is 10.1 Å². The number of non-ortho nitro benzene ring substituents is 1. The van der Waals surface area contributed by atoms with Gasteiger partial charge in [0.2, 0.25) is 0 Å². The lowest BCUT2D eigenvalue weighted by Crippen LogP contribution is -2.24. The van der Waals surface area contributed by atoms with E-state index in [1.165, 1.54) is 7.05 Å². The maximum atomic E-state index is 13.5. The van der Waals surface area contributed by atoms with Crippen molar-refractivity contribution in [3.8, 4) is 0 Å². The molecule has 0 saturated carbocycles. The largest absolute Gasteiger partial charge is 0.390 e. The van der Waals surface area contributed by atoms with Crippen molar-refractivity contribution in [3.05, 3.63) is 34.1 Å². The minimum Gasteiger partial charge on any atom is -0.372 e. The highest BCUT2D eigenvalue weighted by atomic mass is 19.4. The minimum atomic E-state index is -4.33. The van der Waals surface area contributed by atoms with Crippen LogP contribution in [0.25, 0.3) is 0 Å². The minimum absolute atomic E-state index is 0.107. The number of anilines is 1. The number of nitrogens with zero attached hydrogens (tertiary/aromatic N) is 2. The molecule has 0 bridgehead atoms. The predicted octanol–water partition coefficient (Wildman–Crippen LogP) is 3.12. The van der Waals surface area contributed by atoms with Gasteiger partial charge in [-0.05, 0) is 6.07 Å². The molecule has 0 aliphatic carbocycles. The topological polar surface area (TPSA) is 46.4 Å². The summed E-state index contributed by atoms with van der Waals surface area (Å²) in [5.74, 6) is -0.922. The molecule has 0 unspecified atom stereocenters. The molecule has 0 aliphatic heterocycles. The van der Waals surface area contributed by atoms with Crippen LogP contribution in [0.4, 0.5) is 28.9 Å². The van der Waals surface area contributed by atoms with Gasteiger partial charge in [0.25, 0.3) is 5.69 Å². The number of halogens is 4. The fourth-order valence-electron chi connectivity index (χ4n) is 1.33. The van der Waals surface area contributed by atoms with Crippen LogP contribution >= 0.6 is 0 Å². The van der Waals surface area contributed by atoms with Crippen molar-refractivity contribution >= 4 is 11.4 Å². The lowest BCUT2D eigenvalue weighted by molar-refractivity contribution is -0.385. The Hall–Kier alpha value is -1.86. The predicted molar refractivity (Wildman–Crippen MR) is 57.0 cm³/mol. The first-order valence-electron chi connectivity index (χ1n) is 4.92. The fourth-order valence-corrected chi connectivity index (χ4v) is 1.33. The van der Waals surface area contributed by atoms with Crippen LogP contribution in [0.5, 0.6) is 0 Å². The van der Waals surface area contributed by atoms with Crippen molar-refractivity contribution in [1.29, 1.82) is 0 Å². The number of rotatable bonds is 4. The molecule has 1 aromatic rings. The molecule has 0 fully saturated rings. The zero-order valence-corrected chi connectivity index (χ0v) is 9.37. The molecule has 8 heteroatoms. The van der Waals surface area contributed by atoms with Crippen LogP contribution in [-0.4, -0.2) is 24.7 Å². The van der Waals surface area contributed by atoms with E-state index in [9.17, 15) is 27.7 Å². The molecule has 0 spiro atoms. The van der Waals surface area contributed by atoms with Crippen molar-refractivity contribution in [1.82, 2.24) is 0 Å². The Balaban J connectivity index is 2.80. The van der Waals surface area contributed by atoms with E-state index in [1.807, 2.05) is 0 Å². The van der Waals surface area contributed by atoms with E-state index < -0.39 is 35.6 Å². The molecular weight excluding hydrogens is 256 g/mol. The maximum Gasteiger partial charge on any atom is 0.390 e. The lowest BCUT2D eigenvalue weighted by atomic mass is 10.2. The van der Waals surface area contributed by atoms with E-state index in [0.717, 1.165) is 17.0 Å². The first-order valence-corrected chi connectivity index (χ1v) is 4.92. The quantitative estimate of drug-likeness (QED) is 0.478. The highest BCUT2D eigenvalue weighted by Gasteiger charge is 2.27. The van der Waals surface area contributed by atoms with Crippen molar-refractivity contribution in [2.24, 2.45) is 0 Å². The molecule has 18 heavy (non-hydrogen) atoms. The highest BCUT2D eigenvalue weighted by molar-refractivity contribution is 5.51. The second kappa shape index (κ2) is 5.19. The van der Waals surface area contributed by atoms with Crippen molar-refractivity contribution in [2.45, 2.75) is 12.6 Å². The lowest BCUT2D eigenvalue weighted by Gasteiger charge is -2.20. The molecule has 0 heterocycles. The van der Waals surface area contributed by atoms with Crippen LogP contribution in [0.2, 0.25) is 0 Å². The summed E-state index contributed by atoms with van der Waals surface area (Å²) < 4.78 is 49.4. The van der Waals surface area contributed by atoms with Crippen LogP contribution in [0, 0.1) is 15.9 Å². The Bertz CT molecular complexity index is 448. The van der Waals surface area contributed by atoms with Crippen LogP contribution in [0.1, 0.15) is 6.42 Å². The molecule has 0 radical (unpaired) electrons. The molecule has 0 amide bonds. The van der Waals surface area contributed by atoms with Gasteiger partial charge in [-0.1, -0.05) is 0 Å². The second-order valence-electron chi connectivity index (χ2n) is 3.68. The molecule has 0 N–H and O–H groups in total. The smallest absolute Gasteiger partial charge is 0.372 e. The molecule has 0 aliphatic rings. The summed E-state index contributed by atoms with van der Waals surface area (Å²) in [5, 5.41) is 10.4. The third kappa shape index (κ3) is 3.86. The Morgan fingerprint density at radius 1 is 1.39 bits per heavy atom. The summed E-state index contributed by atoms with van der Waals surface area (Å²) >= 11 is 0. The molecular formula is C10H10F4N2O2. The van der Waals surface area contributed by atoms with Gasteiger partial charge >= 0.3 is 6.18 Å². The van der Waals surface area contributed by atoms with Gasteiger partial charge in [-0.25, -0.2) is 4.39 Å². The molecule has 0 saturated heterocycles. The van der Waals surface area contributed by atoms with Crippen LogP contribution in [0.15, 0.2) is 18.2 Å².